The Morgan fingerprint density at radius 2 is 2.17 bits per heavy atom. The molecule has 18 heavy (non-hydrogen) atoms. The Labute approximate surface area is 119 Å². The molecule has 0 spiro atoms. The molecule has 0 saturated carbocycles. The van der Waals surface area contributed by atoms with E-state index >= 15 is 0 Å². The third-order valence-corrected chi connectivity index (χ3v) is 3.25. The molecule has 0 bridgehead atoms. The normalized spacial score (nSPS) is 16.3. The molecule has 0 unspecified atom stereocenters. The average molecular weight is 292 g/mol. The quantitative estimate of drug-likeness (QED) is 0.669. The molecule has 0 aromatic carbocycles. The van der Waals surface area contributed by atoms with Crippen molar-refractivity contribution in [3.05, 3.63) is 23.2 Å². The van der Waals surface area contributed by atoms with Crippen LogP contribution in [0.15, 0.2) is 12.3 Å². The van der Waals surface area contributed by atoms with Gasteiger partial charge in [0.15, 0.2) is 0 Å². The smallest absolute Gasteiger partial charge is 0.222 e. The fraction of sp³-hybridized carbons (Fsp3) is 0.667. The minimum absolute atomic E-state index is 0. The molecule has 0 amide bonds. The van der Waals surface area contributed by atoms with Crippen LogP contribution in [0.3, 0.4) is 0 Å². The van der Waals surface area contributed by atoms with Crippen LogP contribution in [0.2, 0.25) is 5.28 Å². The molecule has 0 radical (unpaired) electrons. The summed E-state index contributed by atoms with van der Waals surface area (Å²) in [5, 5.41) is 3.65. The van der Waals surface area contributed by atoms with Crippen molar-refractivity contribution in [2.75, 3.05) is 19.7 Å². The number of nitrogens with one attached hydrogen (secondary N) is 1. The van der Waals surface area contributed by atoms with Crippen molar-refractivity contribution in [2.24, 2.45) is 5.92 Å². The van der Waals surface area contributed by atoms with Gasteiger partial charge in [-0.1, -0.05) is 0 Å². The average Bonchev–Trinajstić information content (AvgIpc) is 2.36. The minimum Gasteiger partial charge on any atom is -0.375 e. The lowest BCUT2D eigenvalue weighted by Gasteiger charge is -2.22. The van der Waals surface area contributed by atoms with Crippen LogP contribution in [-0.2, 0) is 11.3 Å². The van der Waals surface area contributed by atoms with E-state index in [1.165, 1.54) is 12.8 Å². The van der Waals surface area contributed by atoms with Crippen LogP contribution >= 0.6 is 24.0 Å². The van der Waals surface area contributed by atoms with Gasteiger partial charge in [-0.2, -0.15) is 0 Å². The van der Waals surface area contributed by atoms with Crippen molar-refractivity contribution in [1.82, 2.24) is 15.3 Å². The van der Waals surface area contributed by atoms with Crippen molar-refractivity contribution in [1.29, 1.82) is 0 Å². The number of hydrogen-bond donors (Lipinski definition) is 1. The van der Waals surface area contributed by atoms with Gasteiger partial charge in [-0.05, 0) is 55.9 Å². The van der Waals surface area contributed by atoms with E-state index in [-0.39, 0.29) is 17.7 Å². The van der Waals surface area contributed by atoms with Crippen LogP contribution in [0, 0.1) is 5.92 Å². The number of nitrogens with zero attached hydrogens (tertiary/aromatic N) is 2. The fourth-order valence-corrected chi connectivity index (χ4v) is 2.21. The van der Waals surface area contributed by atoms with E-state index in [4.69, 9.17) is 16.3 Å². The fourth-order valence-electron chi connectivity index (χ4n) is 2.05. The standard InChI is InChI=1S/C12H18ClN3O.ClH/c13-12-15-7-3-11(16-12)9-17-8-4-10-1-5-14-6-2-10;/h3,7,10,14H,1-2,4-6,8-9H2;1H. The molecular weight excluding hydrogens is 273 g/mol. The van der Waals surface area contributed by atoms with E-state index in [0.29, 0.717) is 6.61 Å². The molecule has 0 aliphatic carbocycles. The predicted octanol–water partition coefficient (Wildman–Crippen LogP) is 2.46. The summed E-state index contributed by atoms with van der Waals surface area (Å²) in [5.41, 5.74) is 0.843. The molecule has 102 valence electrons. The van der Waals surface area contributed by atoms with E-state index in [1.807, 2.05) is 6.07 Å². The van der Waals surface area contributed by atoms with Crippen LogP contribution in [0.4, 0.5) is 0 Å². The Morgan fingerprint density at radius 3 is 2.89 bits per heavy atom. The molecule has 1 aliphatic rings. The van der Waals surface area contributed by atoms with E-state index in [9.17, 15) is 0 Å². The lowest BCUT2D eigenvalue weighted by molar-refractivity contribution is 0.100. The molecule has 1 N–H and O–H groups in total. The number of rotatable bonds is 5. The zero-order chi connectivity index (χ0) is 11.9. The van der Waals surface area contributed by atoms with Gasteiger partial charge in [0, 0.05) is 12.8 Å². The SMILES string of the molecule is Cl.Clc1nccc(COCCC2CCNCC2)n1. The summed E-state index contributed by atoms with van der Waals surface area (Å²) in [5.74, 6) is 0.810. The molecule has 1 aromatic rings. The van der Waals surface area contributed by atoms with Crippen LogP contribution in [0.1, 0.15) is 25.0 Å². The Balaban J connectivity index is 0.00000162. The zero-order valence-corrected chi connectivity index (χ0v) is 11.8. The van der Waals surface area contributed by atoms with Gasteiger partial charge < -0.3 is 10.1 Å². The molecule has 2 rings (SSSR count). The van der Waals surface area contributed by atoms with Crippen molar-refractivity contribution < 1.29 is 4.74 Å². The maximum Gasteiger partial charge on any atom is 0.222 e. The summed E-state index contributed by atoms with van der Waals surface area (Å²) < 4.78 is 5.61. The highest BCUT2D eigenvalue weighted by Crippen LogP contribution is 2.15. The molecule has 2 heterocycles. The van der Waals surface area contributed by atoms with Gasteiger partial charge in [0.25, 0.3) is 0 Å². The number of hydrogen-bond acceptors (Lipinski definition) is 4. The van der Waals surface area contributed by atoms with Gasteiger partial charge >= 0.3 is 0 Å². The summed E-state index contributed by atoms with van der Waals surface area (Å²) in [4.78, 5) is 7.91. The van der Waals surface area contributed by atoms with Crippen LogP contribution in [-0.4, -0.2) is 29.7 Å². The van der Waals surface area contributed by atoms with Gasteiger partial charge in [-0.25, -0.2) is 9.97 Å². The summed E-state index contributed by atoms with van der Waals surface area (Å²) in [7, 11) is 0. The second-order valence-electron chi connectivity index (χ2n) is 4.35. The summed E-state index contributed by atoms with van der Waals surface area (Å²) in [6.45, 7) is 3.61. The van der Waals surface area contributed by atoms with Gasteiger partial charge in [-0.15, -0.1) is 12.4 Å². The van der Waals surface area contributed by atoms with Crippen molar-refractivity contribution in [2.45, 2.75) is 25.9 Å². The topological polar surface area (TPSA) is 47.0 Å². The number of aromatic nitrogens is 2. The molecular formula is C12H19Cl2N3O. The summed E-state index contributed by atoms with van der Waals surface area (Å²) >= 11 is 5.69. The Bertz CT molecular complexity index is 346. The van der Waals surface area contributed by atoms with E-state index < -0.39 is 0 Å². The molecule has 0 atom stereocenters. The van der Waals surface area contributed by atoms with Crippen molar-refractivity contribution in [3.8, 4) is 0 Å². The predicted molar refractivity (Wildman–Crippen MR) is 74.2 cm³/mol. The van der Waals surface area contributed by atoms with Crippen molar-refractivity contribution >= 4 is 24.0 Å². The first-order valence-corrected chi connectivity index (χ1v) is 6.48. The third-order valence-electron chi connectivity index (χ3n) is 3.06. The molecule has 1 aliphatic heterocycles. The van der Waals surface area contributed by atoms with E-state index in [1.54, 1.807) is 6.20 Å². The highest BCUT2D eigenvalue weighted by atomic mass is 35.5. The highest BCUT2D eigenvalue weighted by molar-refractivity contribution is 6.28. The van der Waals surface area contributed by atoms with E-state index in [0.717, 1.165) is 37.7 Å². The summed E-state index contributed by atoms with van der Waals surface area (Å²) in [6, 6.07) is 1.83. The molecule has 1 saturated heterocycles. The second-order valence-corrected chi connectivity index (χ2v) is 4.69. The first-order chi connectivity index (χ1) is 8.34. The second kappa shape index (κ2) is 8.64. The third kappa shape index (κ3) is 5.48. The Hall–Kier alpha value is -0.420. The number of ether oxygens (including phenoxy) is 1. The van der Waals surface area contributed by atoms with Gasteiger partial charge in [0.2, 0.25) is 5.28 Å². The van der Waals surface area contributed by atoms with Crippen LogP contribution in [0.25, 0.3) is 0 Å². The summed E-state index contributed by atoms with van der Waals surface area (Å²) in [6.07, 6.45) is 5.33. The van der Waals surface area contributed by atoms with Gasteiger partial charge in [-0.3, -0.25) is 0 Å². The molecule has 1 aromatic heterocycles. The first-order valence-electron chi connectivity index (χ1n) is 6.10. The van der Waals surface area contributed by atoms with Crippen LogP contribution < -0.4 is 5.32 Å². The lowest BCUT2D eigenvalue weighted by atomic mass is 9.95. The van der Waals surface area contributed by atoms with Crippen LogP contribution in [0.5, 0.6) is 0 Å². The van der Waals surface area contributed by atoms with Gasteiger partial charge in [0.1, 0.15) is 0 Å². The highest BCUT2D eigenvalue weighted by Gasteiger charge is 2.12. The molecule has 4 nitrogen and oxygen atoms in total. The number of piperidine rings is 1. The number of halogens is 2. The Kier molecular flexibility index (Phi) is 7.51. The Morgan fingerprint density at radius 1 is 1.39 bits per heavy atom. The first kappa shape index (κ1) is 15.6. The monoisotopic (exact) mass is 291 g/mol. The van der Waals surface area contributed by atoms with Gasteiger partial charge in [0.05, 0.1) is 12.3 Å². The molecule has 6 heteroatoms. The zero-order valence-electron chi connectivity index (χ0n) is 10.3. The minimum atomic E-state index is 0. The molecule has 1 fully saturated rings. The largest absolute Gasteiger partial charge is 0.375 e. The van der Waals surface area contributed by atoms with Crippen molar-refractivity contribution in [3.63, 3.8) is 0 Å². The maximum atomic E-state index is 5.69. The maximum absolute atomic E-state index is 5.69. The van der Waals surface area contributed by atoms with E-state index in [2.05, 4.69) is 15.3 Å². The lowest BCUT2D eigenvalue weighted by Crippen LogP contribution is -2.28.